The molecular formula is C15H23N3O2. The fourth-order valence-electron chi connectivity index (χ4n) is 2.09. The van der Waals surface area contributed by atoms with Crippen molar-refractivity contribution in [1.82, 2.24) is 0 Å². The van der Waals surface area contributed by atoms with Crippen molar-refractivity contribution in [3.8, 4) is 17.6 Å². The van der Waals surface area contributed by atoms with Crippen molar-refractivity contribution >= 4 is 11.4 Å². The lowest BCUT2D eigenvalue weighted by atomic mass is 10.1. The molecule has 0 aromatic heterocycles. The van der Waals surface area contributed by atoms with E-state index in [-0.39, 0.29) is 0 Å². The predicted octanol–water partition coefficient (Wildman–Crippen LogP) is 2.66. The summed E-state index contributed by atoms with van der Waals surface area (Å²) in [6, 6.07) is 5.80. The quantitative estimate of drug-likeness (QED) is 0.776. The summed E-state index contributed by atoms with van der Waals surface area (Å²) in [6.07, 6.45) is 0.459. The molecule has 2 N–H and O–H groups in total. The normalized spacial score (nSPS) is 10.2. The number of nitrogens with zero attached hydrogens (tertiary/aromatic N) is 2. The zero-order chi connectivity index (χ0) is 15.1. The minimum absolute atomic E-state index is 0.459. The highest BCUT2D eigenvalue weighted by Crippen LogP contribution is 2.37. The molecule has 5 heteroatoms. The van der Waals surface area contributed by atoms with Crippen molar-refractivity contribution in [2.75, 3.05) is 37.9 Å². The van der Waals surface area contributed by atoms with Crippen molar-refractivity contribution in [2.45, 2.75) is 20.3 Å². The number of nitriles is 1. The molecular weight excluding hydrogens is 254 g/mol. The van der Waals surface area contributed by atoms with E-state index in [0.29, 0.717) is 36.1 Å². The molecule has 0 atom stereocenters. The third-order valence-electron chi connectivity index (χ3n) is 2.95. The molecule has 0 amide bonds. The van der Waals surface area contributed by atoms with E-state index in [1.165, 1.54) is 0 Å². The van der Waals surface area contributed by atoms with E-state index in [1.54, 1.807) is 20.3 Å². The largest absolute Gasteiger partial charge is 0.493 e. The number of anilines is 2. The standard InChI is InChI=1S/C15H23N3O2/c1-11(2)10-18(7-5-6-16)13-9-15(20-4)14(19-3)8-12(13)17/h8-9,11H,5,7,10,17H2,1-4H3. The molecule has 110 valence electrons. The summed E-state index contributed by atoms with van der Waals surface area (Å²) in [5.74, 6) is 1.72. The number of nitrogens with two attached hydrogens (primary N) is 1. The Hall–Kier alpha value is -2.09. The maximum absolute atomic E-state index is 8.80. The first-order valence-corrected chi connectivity index (χ1v) is 6.66. The second-order valence-corrected chi connectivity index (χ2v) is 5.01. The lowest BCUT2D eigenvalue weighted by molar-refractivity contribution is 0.355. The van der Waals surface area contributed by atoms with Gasteiger partial charge in [0, 0.05) is 25.2 Å². The molecule has 0 bridgehead atoms. The predicted molar refractivity (Wildman–Crippen MR) is 81.2 cm³/mol. The topological polar surface area (TPSA) is 71.5 Å². The van der Waals surface area contributed by atoms with Crippen LogP contribution >= 0.6 is 0 Å². The Morgan fingerprint density at radius 3 is 2.35 bits per heavy atom. The van der Waals surface area contributed by atoms with Crippen LogP contribution in [0.4, 0.5) is 11.4 Å². The molecule has 5 nitrogen and oxygen atoms in total. The molecule has 1 rings (SSSR count). The van der Waals surface area contributed by atoms with E-state index in [9.17, 15) is 0 Å². The maximum Gasteiger partial charge on any atom is 0.162 e. The van der Waals surface area contributed by atoms with Gasteiger partial charge in [0.1, 0.15) is 0 Å². The van der Waals surface area contributed by atoms with Gasteiger partial charge in [-0.3, -0.25) is 0 Å². The molecule has 0 radical (unpaired) electrons. The summed E-state index contributed by atoms with van der Waals surface area (Å²) in [5, 5.41) is 8.80. The Morgan fingerprint density at radius 2 is 1.85 bits per heavy atom. The van der Waals surface area contributed by atoms with Crippen LogP contribution in [0.25, 0.3) is 0 Å². The van der Waals surface area contributed by atoms with Crippen LogP contribution in [-0.4, -0.2) is 27.3 Å². The van der Waals surface area contributed by atoms with Crippen LogP contribution in [-0.2, 0) is 0 Å². The van der Waals surface area contributed by atoms with E-state index in [1.807, 2.05) is 6.07 Å². The van der Waals surface area contributed by atoms with Crippen LogP contribution in [0.5, 0.6) is 11.5 Å². The highest BCUT2D eigenvalue weighted by atomic mass is 16.5. The number of methoxy groups -OCH3 is 2. The van der Waals surface area contributed by atoms with E-state index in [4.69, 9.17) is 20.5 Å². The van der Waals surface area contributed by atoms with E-state index in [0.717, 1.165) is 12.2 Å². The van der Waals surface area contributed by atoms with E-state index in [2.05, 4.69) is 24.8 Å². The minimum atomic E-state index is 0.459. The smallest absolute Gasteiger partial charge is 0.162 e. The second-order valence-electron chi connectivity index (χ2n) is 5.01. The fraction of sp³-hybridized carbons (Fsp3) is 0.533. The van der Waals surface area contributed by atoms with Gasteiger partial charge in [-0.25, -0.2) is 0 Å². The van der Waals surface area contributed by atoms with Crippen LogP contribution < -0.4 is 20.1 Å². The molecule has 0 saturated carbocycles. The van der Waals surface area contributed by atoms with E-state index >= 15 is 0 Å². The Bertz CT molecular complexity index is 481. The van der Waals surface area contributed by atoms with Crippen molar-refractivity contribution in [2.24, 2.45) is 5.92 Å². The number of hydrogen-bond acceptors (Lipinski definition) is 5. The van der Waals surface area contributed by atoms with Gasteiger partial charge in [0.2, 0.25) is 0 Å². The average Bonchev–Trinajstić information content (AvgIpc) is 2.42. The first-order chi connectivity index (χ1) is 9.53. The second kappa shape index (κ2) is 7.49. The van der Waals surface area contributed by atoms with Crippen LogP contribution in [0.1, 0.15) is 20.3 Å². The average molecular weight is 277 g/mol. The molecule has 1 aromatic carbocycles. The van der Waals surface area contributed by atoms with Crippen LogP contribution in [0, 0.1) is 17.2 Å². The van der Waals surface area contributed by atoms with Gasteiger partial charge in [-0.15, -0.1) is 0 Å². The Kier molecular flexibility index (Phi) is 5.98. The molecule has 0 aliphatic carbocycles. The third kappa shape index (κ3) is 3.95. The Labute approximate surface area is 120 Å². The molecule has 20 heavy (non-hydrogen) atoms. The summed E-state index contributed by atoms with van der Waals surface area (Å²) < 4.78 is 10.6. The first-order valence-electron chi connectivity index (χ1n) is 6.66. The number of benzene rings is 1. The SMILES string of the molecule is COc1cc(N)c(N(CCC#N)CC(C)C)cc1OC. The van der Waals surface area contributed by atoms with Crippen LogP contribution in [0.3, 0.4) is 0 Å². The molecule has 0 spiro atoms. The summed E-state index contributed by atoms with van der Waals surface area (Å²) in [5.41, 5.74) is 7.62. The minimum Gasteiger partial charge on any atom is -0.493 e. The number of rotatable bonds is 7. The van der Waals surface area contributed by atoms with Crippen molar-refractivity contribution in [1.29, 1.82) is 5.26 Å². The van der Waals surface area contributed by atoms with Gasteiger partial charge in [-0.05, 0) is 5.92 Å². The monoisotopic (exact) mass is 277 g/mol. The molecule has 0 unspecified atom stereocenters. The van der Waals surface area contributed by atoms with Gasteiger partial charge in [-0.1, -0.05) is 13.8 Å². The van der Waals surface area contributed by atoms with Gasteiger partial charge in [0.25, 0.3) is 0 Å². The fourth-order valence-corrected chi connectivity index (χ4v) is 2.09. The number of ether oxygens (including phenoxy) is 2. The number of hydrogen-bond donors (Lipinski definition) is 1. The molecule has 0 heterocycles. The highest BCUT2D eigenvalue weighted by molar-refractivity contribution is 5.73. The summed E-state index contributed by atoms with van der Waals surface area (Å²) >= 11 is 0. The Morgan fingerprint density at radius 1 is 1.25 bits per heavy atom. The lowest BCUT2D eigenvalue weighted by Crippen LogP contribution is -2.29. The van der Waals surface area contributed by atoms with Gasteiger partial charge in [0.05, 0.1) is 38.1 Å². The van der Waals surface area contributed by atoms with Crippen molar-refractivity contribution in [3.63, 3.8) is 0 Å². The molecule has 0 fully saturated rings. The van der Waals surface area contributed by atoms with Crippen LogP contribution in [0.15, 0.2) is 12.1 Å². The first kappa shape index (κ1) is 16.0. The molecule has 0 aliphatic rings. The zero-order valence-corrected chi connectivity index (χ0v) is 12.6. The van der Waals surface area contributed by atoms with Gasteiger partial charge in [-0.2, -0.15) is 5.26 Å². The van der Waals surface area contributed by atoms with Gasteiger partial charge in [0.15, 0.2) is 11.5 Å². The highest BCUT2D eigenvalue weighted by Gasteiger charge is 2.15. The summed E-state index contributed by atoms with van der Waals surface area (Å²) in [4.78, 5) is 2.12. The number of nitrogen functional groups attached to an aromatic ring is 1. The van der Waals surface area contributed by atoms with Crippen molar-refractivity contribution < 1.29 is 9.47 Å². The zero-order valence-electron chi connectivity index (χ0n) is 12.6. The molecule has 0 saturated heterocycles. The van der Waals surface area contributed by atoms with Gasteiger partial charge < -0.3 is 20.1 Å². The lowest BCUT2D eigenvalue weighted by Gasteiger charge is -2.28. The summed E-state index contributed by atoms with van der Waals surface area (Å²) in [7, 11) is 3.18. The summed E-state index contributed by atoms with van der Waals surface area (Å²) in [6.45, 7) is 5.75. The van der Waals surface area contributed by atoms with Gasteiger partial charge >= 0.3 is 0 Å². The Balaban J connectivity index is 3.14. The van der Waals surface area contributed by atoms with Crippen molar-refractivity contribution in [3.05, 3.63) is 12.1 Å². The van der Waals surface area contributed by atoms with Crippen LogP contribution in [0.2, 0.25) is 0 Å². The van der Waals surface area contributed by atoms with E-state index < -0.39 is 0 Å². The molecule has 0 aliphatic heterocycles. The maximum atomic E-state index is 8.80. The molecule has 1 aromatic rings. The third-order valence-corrected chi connectivity index (χ3v) is 2.95.